The number of rotatable bonds is 3. The lowest BCUT2D eigenvalue weighted by molar-refractivity contribution is -0.138. The molecule has 2 aromatic carbocycles. The van der Waals surface area contributed by atoms with Crippen LogP contribution in [0.5, 0.6) is 5.75 Å². The van der Waals surface area contributed by atoms with Crippen LogP contribution in [-0.4, -0.2) is 23.6 Å². The fourth-order valence-corrected chi connectivity index (χ4v) is 4.92. The van der Waals surface area contributed by atoms with E-state index in [9.17, 15) is 18.8 Å². The second kappa shape index (κ2) is 7.83. The van der Waals surface area contributed by atoms with E-state index in [0.29, 0.717) is 22.5 Å². The van der Waals surface area contributed by atoms with Crippen molar-refractivity contribution in [2.45, 2.75) is 18.9 Å². The monoisotopic (exact) mass is 475 g/mol. The molecule has 3 aromatic rings. The summed E-state index contributed by atoms with van der Waals surface area (Å²) >= 11 is 0. The number of carbonyl (C=O) groups is 2. The molecule has 1 spiro atoms. The van der Waals surface area contributed by atoms with E-state index in [-0.39, 0.29) is 29.3 Å². The van der Waals surface area contributed by atoms with Gasteiger partial charge in [-0.25, -0.2) is 9.18 Å². The number of hydrogen-bond acceptors (Lipinski definition) is 6. The number of amides is 1. The molecule has 2 aliphatic rings. The van der Waals surface area contributed by atoms with Gasteiger partial charge in [0, 0.05) is 30.1 Å². The Labute approximate surface area is 200 Å². The van der Waals surface area contributed by atoms with Crippen molar-refractivity contribution in [2.75, 3.05) is 12.0 Å². The van der Waals surface area contributed by atoms with Crippen LogP contribution in [-0.2, 0) is 33.3 Å². The maximum absolute atomic E-state index is 14.4. The van der Waals surface area contributed by atoms with Gasteiger partial charge in [-0.3, -0.25) is 9.59 Å². The third-order valence-corrected chi connectivity index (χ3v) is 6.66. The molecule has 1 aromatic heterocycles. The van der Waals surface area contributed by atoms with Gasteiger partial charge in [-0.1, -0.05) is 30.3 Å². The number of aryl methyl sites for hydroxylation is 1. The van der Waals surface area contributed by atoms with Crippen LogP contribution in [0.2, 0.25) is 0 Å². The summed E-state index contributed by atoms with van der Waals surface area (Å²) in [5.41, 5.74) is 5.72. The first-order valence-corrected chi connectivity index (χ1v) is 10.8. The smallest absolute Gasteiger partial charge is 0.340 e. The van der Waals surface area contributed by atoms with Crippen LogP contribution in [0.1, 0.15) is 22.4 Å². The highest BCUT2D eigenvalue weighted by Gasteiger charge is 2.62. The largest absolute Gasteiger partial charge is 0.465 e. The van der Waals surface area contributed by atoms with Crippen molar-refractivity contribution in [2.24, 2.45) is 12.8 Å². The average Bonchev–Trinajstić information content (AvgIpc) is 3.07. The molecule has 0 aliphatic carbocycles. The first-order valence-electron chi connectivity index (χ1n) is 10.8. The zero-order valence-electron chi connectivity index (χ0n) is 19.3. The molecule has 8 nitrogen and oxygen atoms in total. The molecule has 1 atom stereocenters. The Morgan fingerprint density at radius 3 is 2.51 bits per heavy atom. The summed E-state index contributed by atoms with van der Waals surface area (Å²) in [6.45, 7) is 1.80. The minimum Gasteiger partial charge on any atom is -0.465 e. The van der Waals surface area contributed by atoms with Crippen molar-refractivity contribution in [3.05, 3.63) is 105 Å². The lowest BCUT2D eigenvalue weighted by atomic mass is 9.68. The van der Waals surface area contributed by atoms with E-state index in [1.807, 2.05) is 0 Å². The number of carbonyl (C=O) groups excluding carboxylic acids is 2. The number of nitrogens with two attached hydrogens (primary N) is 1. The number of anilines is 1. The number of nitrogens with zero attached hydrogens (tertiary/aromatic N) is 2. The van der Waals surface area contributed by atoms with E-state index in [1.54, 1.807) is 56.4 Å². The molecule has 0 saturated heterocycles. The average molecular weight is 475 g/mol. The molecule has 9 heteroatoms. The molecule has 5 rings (SSSR count). The molecule has 0 bridgehead atoms. The Balaban J connectivity index is 1.85. The molecule has 1 amide bonds. The second-order valence-electron chi connectivity index (χ2n) is 8.51. The molecule has 0 radical (unpaired) electrons. The Hall–Kier alpha value is -4.40. The van der Waals surface area contributed by atoms with Gasteiger partial charge in [0.1, 0.15) is 22.6 Å². The van der Waals surface area contributed by atoms with Crippen LogP contribution in [0, 0.1) is 12.7 Å². The maximum atomic E-state index is 14.4. The summed E-state index contributed by atoms with van der Waals surface area (Å²) in [4.78, 5) is 42.7. The summed E-state index contributed by atoms with van der Waals surface area (Å²) in [7, 11) is 2.74. The highest BCUT2D eigenvalue weighted by Crippen LogP contribution is 2.54. The van der Waals surface area contributed by atoms with Crippen molar-refractivity contribution in [1.82, 2.24) is 4.57 Å². The van der Waals surface area contributed by atoms with Crippen molar-refractivity contribution < 1.29 is 23.5 Å². The van der Waals surface area contributed by atoms with Gasteiger partial charge in [-0.15, -0.1) is 0 Å². The van der Waals surface area contributed by atoms with E-state index in [4.69, 9.17) is 15.2 Å². The van der Waals surface area contributed by atoms with Crippen LogP contribution in [0.25, 0.3) is 0 Å². The van der Waals surface area contributed by atoms with Gasteiger partial charge in [0.2, 0.25) is 11.8 Å². The van der Waals surface area contributed by atoms with Gasteiger partial charge in [-0.05, 0) is 30.7 Å². The molecule has 35 heavy (non-hydrogen) atoms. The normalized spacial score (nSPS) is 18.4. The number of benzene rings is 2. The summed E-state index contributed by atoms with van der Waals surface area (Å²) < 4.78 is 25.6. The highest BCUT2D eigenvalue weighted by atomic mass is 19.1. The van der Waals surface area contributed by atoms with Crippen LogP contribution >= 0.6 is 0 Å². The molecule has 178 valence electrons. The topological polar surface area (TPSA) is 104 Å². The van der Waals surface area contributed by atoms with Crippen LogP contribution < -0.4 is 20.9 Å². The molecular formula is C26H22FN3O5. The number of esters is 1. The number of aromatic nitrogens is 1. The quantitative estimate of drug-likeness (QED) is 0.584. The highest BCUT2D eigenvalue weighted by molar-refractivity contribution is 6.18. The molecule has 2 N–H and O–H groups in total. The van der Waals surface area contributed by atoms with E-state index < -0.39 is 28.7 Å². The SMILES string of the molecule is COC(=O)C1=C(N)Oc2cc(C)n(C)c(=O)c2[C@@]12C(=O)N(Cc1ccc(F)cc1)c1ccccc12. The number of hydrogen-bond donors (Lipinski definition) is 1. The number of halogens is 1. The van der Waals surface area contributed by atoms with Crippen LogP contribution in [0.15, 0.2) is 70.8 Å². The fraction of sp³-hybridized carbons (Fsp3) is 0.192. The number of methoxy groups -OCH3 is 1. The minimum atomic E-state index is -1.88. The Bertz CT molecular complexity index is 1490. The Morgan fingerprint density at radius 2 is 1.83 bits per heavy atom. The number of pyridine rings is 1. The lowest BCUT2D eigenvalue weighted by Crippen LogP contribution is -2.51. The summed E-state index contributed by atoms with van der Waals surface area (Å²) in [5.74, 6) is -2.06. The third-order valence-electron chi connectivity index (χ3n) is 6.66. The molecule has 3 heterocycles. The Morgan fingerprint density at radius 1 is 1.14 bits per heavy atom. The number of para-hydroxylation sites is 1. The molecule has 2 aliphatic heterocycles. The summed E-state index contributed by atoms with van der Waals surface area (Å²) in [5, 5.41) is 0. The zero-order chi connectivity index (χ0) is 25.1. The van der Waals surface area contributed by atoms with Crippen molar-refractivity contribution in [3.63, 3.8) is 0 Å². The Kier molecular flexibility index (Phi) is 5.01. The summed E-state index contributed by atoms with van der Waals surface area (Å²) in [6, 6.07) is 14.2. The van der Waals surface area contributed by atoms with Crippen LogP contribution in [0.3, 0.4) is 0 Å². The van der Waals surface area contributed by atoms with Gasteiger partial charge in [0.05, 0.1) is 19.2 Å². The predicted molar refractivity (Wildman–Crippen MR) is 125 cm³/mol. The van der Waals surface area contributed by atoms with Crippen molar-refractivity contribution in [1.29, 1.82) is 0 Å². The van der Waals surface area contributed by atoms with Gasteiger partial charge in [0.15, 0.2) is 0 Å². The standard InChI is InChI=1S/C26H22FN3O5/c1-14-12-19-20(23(31)29(14)2)26(21(22(28)35-19)24(32)34-3)17-6-4-5-7-18(17)30(25(26)33)13-15-8-10-16(27)11-9-15/h4-12H,13,28H2,1-3H3/t26-/m1/s1. The van der Waals surface area contributed by atoms with E-state index in [2.05, 4.69) is 0 Å². The molecule has 0 saturated carbocycles. The predicted octanol–water partition coefficient (Wildman–Crippen LogP) is 2.40. The van der Waals surface area contributed by atoms with Gasteiger partial charge >= 0.3 is 5.97 Å². The van der Waals surface area contributed by atoms with E-state index >= 15 is 0 Å². The minimum absolute atomic E-state index is 0.0146. The molecule has 0 fully saturated rings. The van der Waals surface area contributed by atoms with Gasteiger partial charge in [-0.2, -0.15) is 0 Å². The first kappa shape index (κ1) is 22.4. The van der Waals surface area contributed by atoms with Gasteiger partial charge in [0.25, 0.3) is 5.56 Å². The first-order chi connectivity index (χ1) is 16.7. The van der Waals surface area contributed by atoms with E-state index in [1.165, 1.54) is 28.7 Å². The molecular weight excluding hydrogens is 453 g/mol. The van der Waals surface area contributed by atoms with Gasteiger partial charge < -0.3 is 24.7 Å². The van der Waals surface area contributed by atoms with Crippen molar-refractivity contribution >= 4 is 17.6 Å². The number of fused-ring (bicyclic) bond motifs is 4. The van der Waals surface area contributed by atoms with Crippen LogP contribution in [0.4, 0.5) is 10.1 Å². The van der Waals surface area contributed by atoms with E-state index in [0.717, 1.165) is 0 Å². The molecule has 0 unspecified atom stereocenters. The fourth-order valence-electron chi connectivity index (χ4n) is 4.92. The second-order valence-corrected chi connectivity index (χ2v) is 8.51. The third kappa shape index (κ3) is 3.01. The maximum Gasteiger partial charge on any atom is 0.340 e. The zero-order valence-corrected chi connectivity index (χ0v) is 19.3. The van der Waals surface area contributed by atoms with Crippen molar-refractivity contribution in [3.8, 4) is 5.75 Å². The lowest BCUT2D eigenvalue weighted by Gasteiger charge is -2.35. The number of ether oxygens (including phenoxy) is 2. The summed E-state index contributed by atoms with van der Waals surface area (Å²) in [6.07, 6.45) is 0.